The van der Waals surface area contributed by atoms with E-state index in [1.165, 1.54) is 4.91 Å². The molecule has 0 radical (unpaired) electrons. The standard InChI is InChI=1S/C17H27N3OS/c1-14-11-16(7-8-17(14)18-13-20(5)6)21-9-10-22-15(2)12-19(3)4/h7-8,11-13H,9-10H2,1-6H3/b15-12-,18-13?. The third-order valence-electron chi connectivity index (χ3n) is 2.72. The van der Waals surface area contributed by atoms with Crippen molar-refractivity contribution in [2.24, 2.45) is 4.99 Å². The summed E-state index contributed by atoms with van der Waals surface area (Å²) < 4.78 is 5.80. The summed E-state index contributed by atoms with van der Waals surface area (Å²) in [6.07, 6.45) is 3.92. The number of benzene rings is 1. The summed E-state index contributed by atoms with van der Waals surface area (Å²) in [5.41, 5.74) is 2.09. The molecule has 1 rings (SSSR count). The minimum Gasteiger partial charge on any atom is -0.493 e. The van der Waals surface area contributed by atoms with Gasteiger partial charge in [-0.2, -0.15) is 0 Å². The molecule has 0 heterocycles. The fourth-order valence-corrected chi connectivity index (χ4v) is 2.58. The second-order valence-electron chi connectivity index (χ2n) is 5.56. The monoisotopic (exact) mass is 321 g/mol. The first-order valence-electron chi connectivity index (χ1n) is 7.30. The average molecular weight is 321 g/mol. The molecule has 0 saturated carbocycles. The highest BCUT2D eigenvalue weighted by Crippen LogP contribution is 2.24. The van der Waals surface area contributed by atoms with Crippen LogP contribution in [0.4, 0.5) is 5.69 Å². The molecule has 0 saturated heterocycles. The Labute approximate surface area is 138 Å². The van der Waals surface area contributed by atoms with Crippen molar-refractivity contribution in [3.05, 3.63) is 34.9 Å². The SMILES string of the molecule is C/C(=C/N(C)C)SCCOc1ccc(N=CN(C)C)c(C)c1. The smallest absolute Gasteiger partial charge is 0.119 e. The lowest BCUT2D eigenvalue weighted by molar-refractivity contribution is 0.344. The highest BCUT2D eigenvalue weighted by atomic mass is 32.2. The number of allylic oxidation sites excluding steroid dienone is 1. The Kier molecular flexibility index (Phi) is 7.88. The van der Waals surface area contributed by atoms with Crippen molar-refractivity contribution >= 4 is 23.8 Å². The molecule has 0 fully saturated rings. The van der Waals surface area contributed by atoms with Gasteiger partial charge >= 0.3 is 0 Å². The lowest BCUT2D eigenvalue weighted by atomic mass is 10.2. The van der Waals surface area contributed by atoms with E-state index < -0.39 is 0 Å². The fraction of sp³-hybridized carbons (Fsp3) is 0.471. The Hall–Kier alpha value is -1.62. The number of ether oxygens (including phenoxy) is 1. The zero-order valence-corrected chi connectivity index (χ0v) is 15.3. The van der Waals surface area contributed by atoms with E-state index in [0.29, 0.717) is 6.61 Å². The van der Waals surface area contributed by atoms with E-state index in [-0.39, 0.29) is 0 Å². The zero-order valence-electron chi connectivity index (χ0n) is 14.5. The molecular formula is C17H27N3OS. The Balaban J connectivity index is 2.46. The molecule has 0 atom stereocenters. The van der Waals surface area contributed by atoms with Crippen LogP contribution >= 0.6 is 11.8 Å². The van der Waals surface area contributed by atoms with E-state index >= 15 is 0 Å². The van der Waals surface area contributed by atoms with Gasteiger partial charge in [0.2, 0.25) is 0 Å². The van der Waals surface area contributed by atoms with E-state index in [1.807, 2.05) is 70.0 Å². The number of nitrogens with zero attached hydrogens (tertiary/aromatic N) is 3. The summed E-state index contributed by atoms with van der Waals surface area (Å²) in [4.78, 5) is 9.69. The molecule has 0 aliphatic rings. The predicted molar refractivity (Wildman–Crippen MR) is 98.4 cm³/mol. The summed E-state index contributed by atoms with van der Waals surface area (Å²) in [7, 11) is 7.98. The van der Waals surface area contributed by atoms with E-state index in [4.69, 9.17) is 4.74 Å². The van der Waals surface area contributed by atoms with Crippen molar-refractivity contribution in [3.8, 4) is 5.75 Å². The van der Waals surface area contributed by atoms with Gasteiger partial charge in [-0.3, -0.25) is 0 Å². The minimum absolute atomic E-state index is 0.697. The largest absolute Gasteiger partial charge is 0.493 e. The maximum Gasteiger partial charge on any atom is 0.119 e. The molecule has 0 unspecified atom stereocenters. The maximum absolute atomic E-state index is 5.80. The van der Waals surface area contributed by atoms with E-state index in [0.717, 1.165) is 22.8 Å². The number of hydrogen-bond donors (Lipinski definition) is 0. The van der Waals surface area contributed by atoms with Crippen molar-refractivity contribution in [3.63, 3.8) is 0 Å². The van der Waals surface area contributed by atoms with Crippen LogP contribution in [0.25, 0.3) is 0 Å². The quantitative estimate of drug-likeness (QED) is 0.414. The summed E-state index contributed by atoms with van der Waals surface area (Å²) in [6, 6.07) is 6.01. The zero-order chi connectivity index (χ0) is 16.5. The van der Waals surface area contributed by atoms with Gasteiger partial charge < -0.3 is 14.5 Å². The summed E-state index contributed by atoms with van der Waals surface area (Å²) in [6.45, 7) is 4.86. The predicted octanol–water partition coefficient (Wildman–Crippen LogP) is 3.75. The number of aliphatic imine (C=N–C) groups is 1. The summed E-state index contributed by atoms with van der Waals surface area (Å²) >= 11 is 1.81. The van der Waals surface area contributed by atoms with Gasteiger partial charge in [-0.25, -0.2) is 4.99 Å². The summed E-state index contributed by atoms with van der Waals surface area (Å²) in [5, 5.41) is 0. The van der Waals surface area contributed by atoms with Crippen LogP contribution in [0.15, 0.2) is 34.3 Å². The highest BCUT2D eigenvalue weighted by molar-refractivity contribution is 8.03. The van der Waals surface area contributed by atoms with E-state index in [2.05, 4.69) is 23.0 Å². The lowest BCUT2D eigenvalue weighted by Gasteiger charge is -2.10. The second-order valence-corrected chi connectivity index (χ2v) is 6.90. The molecule has 0 N–H and O–H groups in total. The number of rotatable bonds is 8. The van der Waals surface area contributed by atoms with Crippen LogP contribution in [0, 0.1) is 6.92 Å². The van der Waals surface area contributed by atoms with Gasteiger partial charge in [-0.05, 0) is 42.5 Å². The van der Waals surface area contributed by atoms with Crippen LogP contribution in [0.1, 0.15) is 12.5 Å². The van der Waals surface area contributed by atoms with Crippen LogP contribution in [0.5, 0.6) is 5.75 Å². The van der Waals surface area contributed by atoms with E-state index in [9.17, 15) is 0 Å². The van der Waals surface area contributed by atoms with Gasteiger partial charge in [0.25, 0.3) is 0 Å². The molecule has 0 bridgehead atoms. The number of thioether (sulfide) groups is 1. The lowest BCUT2D eigenvalue weighted by Crippen LogP contribution is -2.07. The van der Waals surface area contributed by atoms with Crippen LogP contribution in [-0.4, -0.2) is 56.7 Å². The van der Waals surface area contributed by atoms with Crippen molar-refractivity contribution < 1.29 is 4.74 Å². The van der Waals surface area contributed by atoms with Crippen LogP contribution in [-0.2, 0) is 0 Å². The first-order chi connectivity index (χ1) is 10.4. The van der Waals surface area contributed by atoms with Crippen molar-refractivity contribution in [2.75, 3.05) is 40.6 Å². The van der Waals surface area contributed by atoms with Gasteiger partial charge in [0.1, 0.15) is 5.75 Å². The Morgan fingerprint density at radius 1 is 1.23 bits per heavy atom. The molecule has 0 aliphatic heterocycles. The van der Waals surface area contributed by atoms with Crippen LogP contribution < -0.4 is 4.74 Å². The van der Waals surface area contributed by atoms with Gasteiger partial charge in [0, 0.05) is 40.1 Å². The number of aryl methyl sites for hydroxylation is 1. The molecule has 0 spiro atoms. The molecule has 22 heavy (non-hydrogen) atoms. The first-order valence-corrected chi connectivity index (χ1v) is 8.28. The third kappa shape index (κ3) is 7.41. The summed E-state index contributed by atoms with van der Waals surface area (Å²) in [5.74, 6) is 1.84. The second kappa shape index (κ2) is 9.41. The molecule has 4 nitrogen and oxygen atoms in total. The average Bonchev–Trinajstić information content (AvgIpc) is 2.41. The van der Waals surface area contributed by atoms with E-state index in [1.54, 1.807) is 6.34 Å². The van der Waals surface area contributed by atoms with Crippen LogP contribution in [0.3, 0.4) is 0 Å². The number of hydrogen-bond acceptors (Lipinski definition) is 4. The molecule has 1 aromatic rings. The fourth-order valence-electron chi connectivity index (χ4n) is 1.80. The first kappa shape index (κ1) is 18.4. The van der Waals surface area contributed by atoms with Gasteiger partial charge in [-0.15, -0.1) is 11.8 Å². The van der Waals surface area contributed by atoms with Gasteiger partial charge in [0.05, 0.1) is 18.6 Å². The Morgan fingerprint density at radius 3 is 2.55 bits per heavy atom. The van der Waals surface area contributed by atoms with Gasteiger partial charge in [-0.1, -0.05) is 0 Å². The molecule has 5 heteroatoms. The highest BCUT2D eigenvalue weighted by Gasteiger charge is 2.00. The van der Waals surface area contributed by atoms with Crippen molar-refractivity contribution in [1.29, 1.82) is 0 Å². The Morgan fingerprint density at radius 2 is 1.95 bits per heavy atom. The molecule has 0 amide bonds. The molecule has 0 aromatic heterocycles. The van der Waals surface area contributed by atoms with Crippen molar-refractivity contribution in [1.82, 2.24) is 9.80 Å². The van der Waals surface area contributed by atoms with Gasteiger partial charge in [0.15, 0.2) is 0 Å². The minimum atomic E-state index is 0.697. The molecule has 122 valence electrons. The molecule has 0 aliphatic carbocycles. The topological polar surface area (TPSA) is 28.1 Å². The Bertz CT molecular complexity index is 525. The molecular weight excluding hydrogens is 294 g/mol. The molecule has 1 aromatic carbocycles. The normalized spacial score (nSPS) is 11.8. The van der Waals surface area contributed by atoms with Crippen molar-refractivity contribution in [2.45, 2.75) is 13.8 Å². The maximum atomic E-state index is 5.80. The van der Waals surface area contributed by atoms with Crippen LogP contribution in [0.2, 0.25) is 0 Å². The third-order valence-corrected chi connectivity index (χ3v) is 3.65.